The highest BCUT2D eigenvalue weighted by atomic mass is 35.5. The Morgan fingerprint density at radius 1 is 1.48 bits per heavy atom. The number of carbonyl (C=O) groups is 1. The van der Waals surface area contributed by atoms with E-state index >= 15 is 0 Å². The number of hydrogen-bond donors (Lipinski definition) is 0. The summed E-state index contributed by atoms with van der Waals surface area (Å²) < 4.78 is 19.9. The van der Waals surface area contributed by atoms with Crippen molar-refractivity contribution in [1.82, 2.24) is 9.38 Å². The van der Waals surface area contributed by atoms with Crippen molar-refractivity contribution in [3.05, 3.63) is 59.3 Å². The van der Waals surface area contributed by atoms with Crippen molar-refractivity contribution in [1.29, 1.82) is 0 Å². The lowest BCUT2D eigenvalue weighted by molar-refractivity contribution is 0.104. The van der Waals surface area contributed by atoms with Crippen LogP contribution >= 0.6 is 11.6 Å². The van der Waals surface area contributed by atoms with Crippen LogP contribution in [0.3, 0.4) is 0 Å². The summed E-state index contributed by atoms with van der Waals surface area (Å²) in [4.78, 5) is 16.6. The lowest BCUT2D eigenvalue weighted by Crippen LogP contribution is -2.01. The molecule has 3 aromatic rings. The van der Waals surface area contributed by atoms with Crippen LogP contribution in [0, 0.1) is 5.82 Å². The Morgan fingerprint density at radius 3 is 3.00 bits per heavy atom. The minimum absolute atomic E-state index is 0.185. The van der Waals surface area contributed by atoms with Gasteiger partial charge in [-0.25, -0.2) is 4.39 Å². The van der Waals surface area contributed by atoms with Gasteiger partial charge in [-0.15, -0.1) is 0 Å². The molecule has 0 saturated carbocycles. The predicted octanol–water partition coefficient (Wildman–Crippen LogP) is 4.15. The molecule has 0 saturated heterocycles. The van der Waals surface area contributed by atoms with E-state index in [2.05, 4.69) is 4.98 Å². The molecule has 21 heavy (non-hydrogen) atoms. The second-order valence-electron chi connectivity index (χ2n) is 4.35. The molecule has 0 fully saturated rings. The van der Waals surface area contributed by atoms with Crippen molar-refractivity contribution in [2.75, 3.05) is 0 Å². The van der Waals surface area contributed by atoms with Gasteiger partial charge in [-0.05, 0) is 31.2 Å². The van der Waals surface area contributed by atoms with Gasteiger partial charge in [0.1, 0.15) is 23.5 Å². The molecule has 0 unspecified atom stereocenters. The fourth-order valence-electron chi connectivity index (χ4n) is 2.12. The van der Waals surface area contributed by atoms with Gasteiger partial charge in [0.25, 0.3) is 0 Å². The molecule has 0 aliphatic heterocycles. The van der Waals surface area contributed by atoms with Crippen LogP contribution in [0.1, 0.15) is 17.4 Å². The summed E-state index contributed by atoms with van der Waals surface area (Å²) >= 11 is 6.06. The first kappa shape index (κ1) is 13.6. The first-order valence-corrected chi connectivity index (χ1v) is 6.57. The van der Waals surface area contributed by atoms with E-state index in [9.17, 15) is 9.18 Å². The Balaban J connectivity index is 2.29. The zero-order chi connectivity index (χ0) is 15.0. The molecule has 106 valence electrons. The SMILES string of the molecule is C/C=C/C(=O)c1c(-c2ccc(F)cc2Cl)nc2occn12. The smallest absolute Gasteiger partial charge is 0.306 e. The Kier molecular flexibility index (Phi) is 3.35. The summed E-state index contributed by atoms with van der Waals surface area (Å²) in [6, 6.07) is 3.94. The zero-order valence-corrected chi connectivity index (χ0v) is 11.8. The standard InChI is InChI=1S/C15H10ClFN2O2/c1-2-3-12(20)14-13(18-15-19(14)6-7-21-15)10-5-4-9(17)8-11(10)16/h2-8H,1H3/b3-2+. The molecule has 6 heteroatoms. The monoisotopic (exact) mass is 304 g/mol. The Labute approximate surface area is 124 Å². The summed E-state index contributed by atoms with van der Waals surface area (Å²) in [5.74, 6) is -0.409. The van der Waals surface area contributed by atoms with Gasteiger partial charge < -0.3 is 4.42 Å². The molecule has 0 aliphatic carbocycles. The molecule has 0 bridgehead atoms. The predicted molar refractivity (Wildman–Crippen MR) is 77.0 cm³/mol. The van der Waals surface area contributed by atoms with Gasteiger partial charge in [-0.2, -0.15) is 4.98 Å². The molecule has 0 amide bonds. The number of oxazole rings is 1. The van der Waals surface area contributed by atoms with Crippen molar-refractivity contribution in [2.24, 2.45) is 0 Å². The summed E-state index contributed by atoms with van der Waals surface area (Å²) in [5.41, 5.74) is 1.16. The summed E-state index contributed by atoms with van der Waals surface area (Å²) in [6.45, 7) is 1.75. The van der Waals surface area contributed by atoms with Gasteiger partial charge in [0.2, 0.25) is 5.78 Å². The van der Waals surface area contributed by atoms with E-state index in [1.165, 1.54) is 34.9 Å². The number of benzene rings is 1. The van der Waals surface area contributed by atoms with Gasteiger partial charge in [-0.1, -0.05) is 17.7 Å². The van der Waals surface area contributed by atoms with Gasteiger partial charge >= 0.3 is 5.84 Å². The van der Waals surface area contributed by atoms with Crippen molar-refractivity contribution in [3.8, 4) is 11.3 Å². The number of ketones is 1. The fraction of sp³-hybridized carbons (Fsp3) is 0.0667. The topological polar surface area (TPSA) is 47.5 Å². The number of fused-ring (bicyclic) bond motifs is 1. The normalized spacial score (nSPS) is 11.6. The number of allylic oxidation sites excluding steroid dienone is 2. The molecule has 0 N–H and O–H groups in total. The number of imidazole rings is 1. The number of hydrogen-bond acceptors (Lipinski definition) is 3. The Bertz CT molecular complexity index is 864. The Hall–Kier alpha value is -2.40. The summed E-state index contributed by atoms with van der Waals surface area (Å²) in [7, 11) is 0. The van der Waals surface area contributed by atoms with Crippen molar-refractivity contribution in [3.63, 3.8) is 0 Å². The van der Waals surface area contributed by atoms with E-state index in [0.29, 0.717) is 17.0 Å². The summed E-state index contributed by atoms with van der Waals surface area (Å²) in [5, 5.41) is 0.185. The minimum atomic E-state index is -0.451. The lowest BCUT2D eigenvalue weighted by Gasteiger charge is -2.03. The lowest BCUT2D eigenvalue weighted by atomic mass is 10.1. The highest BCUT2D eigenvalue weighted by molar-refractivity contribution is 6.33. The van der Waals surface area contributed by atoms with Crippen LogP contribution in [-0.2, 0) is 0 Å². The van der Waals surface area contributed by atoms with Crippen LogP contribution < -0.4 is 0 Å². The van der Waals surface area contributed by atoms with E-state index in [1.807, 2.05) is 0 Å². The molecule has 4 nitrogen and oxygen atoms in total. The van der Waals surface area contributed by atoms with Crippen LogP contribution in [0.2, 0.25) is 5.02 Å². The number of aromatic nitrogens is 2. The third-order valence-corrected chi connectivity index (χ3v) is 3.31. The first-order chi connectivity index (χ1) is 10.1. The molecule has 0 radical (unpaired) electrons. The van der Waals surface area contributed by atoms with Crippen molar-refractivity contribution >= 4 is 23.2 Å². The summed E-state index contributed by atoms with van der Waals surface area (Å²) in [6.07, 6.45) is 6.10. The zero-order valence-electron chi connectivity index (χ0n) is 11.0. The molecule has 2 aromatic heterocycles. The van der Waals surface area contributed by atoms with Crippen LogP contribution in [-0.4, -0.2) is 15.2 Å². The second kappa shape index (κ2) is 5.18. The fourth-order valence-corrected chi connectivity index (χ4v) is 2.38. The van der Waals surface area contributed by atoms with Crippen LogP contribution in [0.25, 0.3) is 17.1 Å². The van der Waals surface area contributed by atoms with Crippen molar-refractivity contribution in [2.45, 2.75) is 6.92 Å². The van der Waals surface area contributed by atoms with E-state index in [4.69, 9.17) is 16.0 Å². The van der Waals surface area contributed by atoms with E-state index in [0.717, 1.165) is 0 Å². The van der Waals surface area contributed by atoms with Crippen molar-refractivity contribution < 1.29 is 13.6 Å². The number of halogens is 2. The molecular weight excluding hydrogens is 295 g/mol. The molecule has 0 spiro atoms. The van der Waals surface area contributed by atoms with E-state index in [-0.39, 0.29) is 16.6 Å². The molecule has 0 aliphatic rings. The highest BCUT2D eigenvalue weighted by Gasteiger charge is 2.22. The molecule has 3 rings (SSSR count). The molecule has 1 aromatic carbocycles. The average molecular weight is 305 g/mol. The second-order valence-corrected chi connectivity index (χ2v) is 4.76. The average Bonchev–Trinajstić information content (AvgIpc) is 2.98. The first-order valence-electron chi connectivity index (χ1n) is 6.20. The van der Waals surface area contributed by atoms with Crippen LogP contribution in [0.4, 0.5) is 4.39 Å². The third kappa shape index (κ3) is 2.25. The molecular formula is C15H10ClFN2O2. The van der Waals surface area contributed by atoms with Gasteiger partial charge in [0, 0.05) is 11.8 Å². The third-order valence-electron chi connectivity index (χ3n) is 3.00. The highest BCUT2D eigenvalue weighted by Crippen LogP contribution is 2.31. The van der Waals surface area contributed by atoms with Gasteiger partial charge in [0.05, 0.1) is 5.02 Å². The number of rotatable bonds is 3. The molecule has 0 atom stereocenters. The Morgan fingerprint density at radius 2 is 2.29 bits per heavy atom. The molecule has 2 heterocycles. The van der Waals surface area contributed by atoms with Gasteiger partial charge in [-0.3, -0.25) is 9.20 Å². The quantitative estimate of drug-likeness (QED) is 0.539. The minimum Gasteiger partial charge on any atom is -0.432 e. The van der Waals surface area contributed by atoms with Crippen LogP contribution in [0.15, 0.2) is 47.2 Å². The van der Waals surface area contributed by atoms with Crippen LogP contribution in [0.5, 0.6) is 0 Å². The maximum atomic E-state index is 13.2. The van der Waals surface area contributed by atoms with Gasteiger partial charge in [0.15, 0.2) is 0 Å². The van der Waals surface area contributed by atoms with E-state index < -0.39 is 5.82 Å². The largest absolute Gasteiger partial charge is 0.432 e. The maximum absolute atomic E-state index is 13.2. The maximum Gasteiger partial charge on any atom is 0.306 e. The number of nitrogens with zero attached hydrogens (tertiary/aromatic N) is 2. The number of carbonyl (C=O) groups excluding carboxylic acids is 1. The van der Waals surface area contributed by atoms with E-state index in [1.54, 1.807) is 19.2 Å².